The van der Waals surface area contributed by atoms with Crippen LogP contribution in [-0.4, -0.2) is 29.1 Å². The molecule has 0 aliphatic carbocycles. The summed E-state index contributed by atoms with van der Waals surface area (Å²) in [6.45, 7) is 0. The number of pyridine rings is 1. The first-order valence-corrected chi connectivity index (χ1v) is 5.69. The second-order valence-electron chi connectivity index (χ2n) is 4.29. The van der Waals surface area contributed by atoms with Gasteiger partial charge in [0.1, 0.15) is 5.65 Å². The molecule has 0 spiro atoms. The van der Waals surface area contributed by atoms with Gasteiger partial charge in [-0.05, 0) is 30.3 Å². The number of H-pyrrole nitrogens is 1. The minimum Gasteiger partial charge on any atom is -0.339 e. The topological polar surface area (TPSA) is 56.6 Å². The first-order valence-electron chi connectivity index (χ1n) is 5.69. The maximum Gasteiger partial charge on any atom is 0.138 e. The Balaban J connectivity index is 2.18. The van der Waals surface area contributed by atoms with Crippen LogP contribution in [0.5, 0.6) is 0 Å². The van der Waals surface area contributed by atoms with E-state index < -0.39 is 0 Å². The fraction of sp³-hybridized carbons (Fsp3) is 0.154. The van der Waals surface area contributed by atoms with Gasteiger partial charge in [-0.25, -0.2) is 4.98 Å². The van der Waals surface area contributed by atoms with E-state index in [9.17, 15) is 0 Å². The molecule has 18 heavy (non-hydrogen) atoms. The van der Waals surface area contributed by atoms with Gasteiger partial charge in [-0.2, -0.15) is 0 Å². The van der Waals surface area contributed by atoms with E-state index in [1.165, 1.54) is 0 Å². The van der Waals surface area contributed by atoms with Crippen LogP contribution >= 0.6 is 0 Å². The molecule has 0 atom stereocenters. The highest BCUT2D eigenvalue weighted by Gasteiger charge is 2.04. The number of hydrogen-bond donors (Lipinski definition) is 1. The molecular weight excluding hydrogens is 226 g/mol. The molecule has 3 aromatic rings. The first-order chi connectivity index (χ1) is 8.74. The van der Waals surface area contributed by atoms with E-state index in [4.69, 9.17) is 0 Å². The summed E-state index contributed by atoms with van der Waals surface area (Å²) in [6, 6.07) is 9.94. The molecule has 3 rings (SSSR count). The standard InChI is InChI=1S/C13H13N5/c1-18(2)17-16-9-5-6-12-11(8-9)10-4-3-7-14-13(10)15-12/h3-8H,1-2H3,(H,14,15). The molecule has 0 amide bonds. The Hall–Kier alpha value is -2.43. The van der Waals surface area contributed by atoms with Crippen molar-refractivity contribution in [1.82, 2.24) is 15.0 Å². The van der Waals surface area contributed by atoms with E-state index in [1.54, 1.807) is 11.2 Å². The number of rotatable bonds is 2. The quantitative estimate of drug-likeness (QED) is 0.551. The van der Waals surface area contributed by atoms with Crippen molar-refractivity contribution in [2.24, 2.45) is 10.3 Å². The van der Waals surface area contributed by atoms with Crippen LogP contribution in [0.25, 0.3) is 21.9 Å². The number of fused-ring (bicyclic) bond motifs is 3. The van der Waals surface area contributed by atoms with Crippen LogP contribution in [0.15, 0.2) is 46.9 Å². The number of aromatic amines is 1. The summed E-state index contributed by atoms with van der Waals surface area (Å²) in [6.07, 6.45) is 1.78. The van der Waals surface area contributed by atoms with Gasteiger partial charge in [0.15, 0.2) is 0 Å². The van der Waals surface area contributed by atoms with E-state index in [0.29, 0.717) is 0 Å². The molecule has 0 radical (unpaired) electrons. The van der Waals surface area contributed by atoms with Crippen LogP contribution in [0.2, 0.25) is 0 Å². The Labute approximate surface area is 104 Å². The van der Waals surface area contributed by atoms with Gasteiger partial charge in [-0.3, -0.25) is 5.01 Å². The van der Waals surface area contributed by atoms with Gasteiger partial charge in [0.25, 0.3) is 0 Å². The molecule has 2 heterocycles. The van der Waals surface area contributed by atoms with Crippen LogP contribution in [0, 0.1) is 0 Å². The summed E-state index contributed by atoms with van der Waals surface area (Å²) in [5.41, 5.74) is 2.79. The molecule has 0 fully saturated rings. The zero-order chi connectivity index (χ0) is 12.5. The largest absolute Gasteiger partial charge is 0.339 e. The first kappa shape index (κ1) is 10.7. The molecule has 1 N–H and O–H groups in total. The maximum absolute atomic E-state index is 4.30. The molecule has 90 valence electrons. The molecule has 5 nitrogen and oxygen atoms in total. The molecule has 0 aliphatic heterocycles. The lowest BCUT2D eigenvalue weighted by Gasteiger charge is -2.00. The fourth-order valence-corrected chi connectivity index (χ4v) is 1.92. The molecular formula is C13H13N5. The molecule has 0 unspecified atom stereocenters. The predicted octanol–water partition coefficient (Wildman–Crippen LogP) is 3.28. The molecule has 0 saturated carbocycles. The van der Waals surface area contributed by atoms with Crippen molar-refractivity contribution < 1.29 is 0 Å². The van der Waals surface area contributed by atoms with Gasteiger partial charge < -0.3 is 4.98 Å². The van der Waals surface area contributed by atoms with E-state index >= 15 is 0 Å². The average Bonchev–Trinajstić information content (AvgIpc) is 2.74. The van der Waals surface area contributed by atoms with Crippen LogP contribution in [0.4, 0.5) is 5.69 Å². The van der Waals surface area contributed by atoms with Crippen LogP contribution < -0.4 is 0 Å². The summed E-state index contributed by atoms with van der Waals surface area (Å²) >= 11 is 0. The summed E-state index contributed by atoms with van der Waals surface area (Å²) in [5, 5.41) is 12.0. The van der Waals surface area contributed by atoms with Crippen LogP contribution in [0.1, 0.15) is 0 Å². The summed E-state index contributed by atoms with van der Waals surface area (Å²) in [5.74, 6) is 0. The normalized spacial score (nSPS) is 11.7. The van der Waals surface area contributed by atoms with Crippen molar-refractivity contribution in [3.8, 4) is 0 Å². The lowest BCUT2D eigenvalue weighted by molar-refractivity contribution is 0.408. The zero-order valence-corrected chi connectivity index (χ0v) is 10.3. The predicted molar refractivity (Wildman–Crippen MR) is 71.8 cm³/mol. The lowest BCUT2D eigenvalue weighted by atomic mass is 10.2. The highest BCUT2D eigenvalue weighted by atomic mass is 15.5. The fourth-order valence-electron chi connectivity index (χ4n) is 1.92. The Morgan fingerprint density at radius 2 is 2.06 bits per heavy atom. The van der Waals surface area contributed by atoms with Crippen molar-refractivity contribution in [3.63, 3.8) is 0 Å². The number of aromatic nitrogens is 2. The highest BCUT2D eigenvalue weighted by Crippen LogP contribution is 2.27. The Kier molecular flexibility index (Phi) is 2.44. The van der Waals surface area contributed by atoms with Gasteiger partial charge >= 0.3 is 0 Å². The number of benzene rings is 1. The second kappa shape index (κ2) is 4.10. The number of nitrogens with one attached hydrogen (secondary N) is 1. The average molecular weight is 239 g/mol. The maximum atomic E-state index is 4.30. The third-order valence-corrected chi connectivity index (χ3v) is 2.69. The second-order valence-corrected chi connectivity index (χ2v) is 4.29. The van der Waals surface area contributed by atoms with Crippen molar-refractivity contribution in [2.75, 3.05) is 14.1 Å². The van der Waals surface area contributed by atoms with E-state index in [2.05, 4.69) is 20.3 Å². The van der Waals surface area contributed by atoms with Gasteiger partial charge in [0, 0.05) is 36.6 Å². The molecule has 1 aromatic carbocycles. The third kappa shape index (κ3) is 1.79. The number of nitrogens with zero attached hydrogens (tertiary/aromatic N) is 4. The smallest absolute Gasteiger partial charge is 0.138 e. The van der Waals surface area contributed by atoms with Gasteiger partial charge in [0.05, 0.1) is 5.69 Å². The van der Waals surface area contributed by atoms with Gasteiger partial charge in [0.2, 0.25) is 0 Å². The van der Waals surface area contributed by atoms with E-state index in [-0.39, 0.29) is 0 Å². The van der Waals surface area contributed by atoms with E-state index in [0.717, 1.165) is 27.6 Å². The zero-order valence-electron chi connectivity index (χ0n) is 10.3. The Morgan fingerprint density at radius 3 is 2.89 bits per heavy atom. The minimum absolute atomic E-state index is 0.834. The summed E-state index contributed by atoms with van der Waals surface area (Å²) in [4.78, 5) is 7.58. The minimum atomic E-state index is 0.834. The molecule has 5 heteroatoms. The molecule has 0 bridgehead atoms. The highest BCUT2D eigenvalue weighted by molar-refractivity contribution is 6.06. The Morgan fingerprint density at radius 1 is 1.17 bits per heavy atom. The third-order valence-electron chi connectivity index (χ3n) is 2.69. The van der Waals surface area contributed by atoms with Gasteiger partial charge in [-0.15, -0.1) is 5.11 Å². The van der Waals surface area contributed by atoms with Crippen LogP contribution in [-0.2, 0) is 0 Å². The SMILES string of the molecule is CN(C)N=Nc1ccc2[nH]c3ncccc3c2c1. The molecule has 2 aromatic heterocycles. The van der Waals surface area contributed by atoms with Crippen molar-refractivity contribution in [3.05, 3.63) is 36.5 Å². The van der Waals surface area contributed by atoms with Gasteiger partial charge in [-0.1, -0.05) is 5.22 Å². The molecule has 0 aliphatic rings. The monoisotopic (exact) mass is 239 g/mol. The van der Waals surface area contributed by atoms with Crippen molar-refractivity contribution >= 4 is 27.6 Å². The lowest BCUT2D eigenvalue weighted by Crippen LogP contribution is -1.98. The van der Waals surface area contributed by atoms with Crippen molar-refractivity contribution in [1.29, 1.82) is 0 Å². The molecule has 0 saturated heterocycles. The van der Waals surface area contributed by atoms with Crippen molar-refractivity contribution in [2.45, 2.75) is 0 Å². The summed E-state index contributed by atoms with van der Waals surface area (Å²) < 4.78 is 0. The Bertz CT molecular complexity index is 726. The van der Waals surface area contributed by atoms with E-state index in [1.807, 2.05) is 44.4 Å². The number of hydrogen-bond acceptors (Lipinski definition) is 3. The summed E-state index contributed by atoms with van der Waals surface area (Å²) in [7, 11) is 3.69. The van der Waals surface area contributed by atoms with Crippen LogP contribution in [0.3, 0.4) is 0 Å².